The zero-order valence-corrected chi connectivity index (χ0v) is 6.10. The minimum absolute atomic E-state index is 0.138. The third kappa shape index (κ3) is 0.844. The number of hydrogen-bond donors (Lipinski definition) is 0. The quantitative estimate of drug-likeness (QED) is 0.506. The summed E-state index contributed by atoms with van der Waals surface area (Å²) < 4.78 is 1.99. The molecule has 10 heavy (non-hydrogen) atoms. The van der Waals surface area contributed by atoms with Crippen molar-refractivity contribution >= 4 is 11.8 Å². The van der Waals surface area contributed by atoms with Crippen LogP contribution in [0, 0.1) is 0 Å². The topological polar surface area (TPSA) is 34.9 Å². The highest BCUT2D eigenvalue weighted by atomic mass is 32.2. The van der Waals surface area contributed by atoms with Crippen molar-refractivity contribution in [2.75, 3.05) is 5.75 Å². The smallest absolute Gasteiger partial charge is 0.273 e. The average molecular weight is 154 g/mol. The lowest BCUT2D eigenvalue weighted by Crippen LogP contribution is -2.08. The van der Waals surface area contributed by atoms with E-state index in [4.69, 9.17) is 0 Å². The largest absolute Gasteiger partial charge is 0.326 e. The summed E-state index contributed by atoms with van der Waals surface area (Å²) >= 11 is 1.63. The first kappa shape index (κ1) is 5.97. The van der Waals surface area contributed by atoms with Gasteiger partial charge in [-0.1, -0.05) is 11.8 Å². The van der Waals surface area contributed by atoms with E-state index in [1.165, 1.54) is 6.07 Å². The zero-order valence-electron chi connectivity index (χ0n) is 5.28. The maximum absolute atomic E-state index is 10.7. The molecule has 0 amide bonds. The highest BCUT2D eigenvalue weighted by molar-refractivity contribution is 7.99. The van der Waals surface area contributed by atoms with Crippen molar-refractivity contribution in [2.45, 2.75) is 11.7 Å². The summed E-state index contributed by atoms with van der Waals surface area (Å²) in [5.41, 5.74) is -0.138. The van der Waals surface area contributed by atoms with Crippen molar-refractivity contribution in [3.63, 3.8) is 0 Å². The molecule has 0 aliphatic carbocycles. The van der Waals surface area contributed by atoms with Crippen molar-refractivity contribution in [1.82, 2.24) is 9.55 Å². The van der Waals surface area contributed by atoms with Gasteiger partial charge in [-0.05, 0) is 0 Å². The Morgan fingerprint density at radius 1 is 1.70 bits per heavy atom. The molecule has 0 bridgehead atoms. The minimum atomic E-state index is -0.138. The Hall–Kier alpha value is -0.770. The molecule has 0 N–H and O–H groups in total. The van der Waals surface area contributed by atoms with E-state index in [1.54, 1.807) is 18.0 Å². The van der Waals surface area contributed by atoms with Crippen LogP contribution in [0.2, 0.25) is 0 Å². The normalized spacial score (nSPS) is 15.2. The Labute approximate surface area is 62.1 Å². The van der Waals surface area contributed by atoms with Crippen molar-refractivity contribution in [3.8, 4) is 0 Å². The maximum Gasteiger partial charge on any atom is 0.273 e. The van der Waals surface area contributed by atoms with Crippen LogP contribution in [0.15, 0.2) is 22.2 Å². The number of thioether (sulfide) groups is 1. The number of aromatic nitrogens is 2. The highest BCUT2D eigenvalue weighted by Gasteiger charge is 2.09. The standard InChI is InChI=1S/C6H6N2OS/c9-5-1-2-8-3-4-10-6(8)7-5/h1-2H,3-4H2. The van der Waals surface area contributed by atoms with Crippen LogP contribution in [0.3, 0.4) is 0 Å². The number of hydrogen-bond acceptors (Lipinski definition) is 3. The zero-order chi connectivity index (χ0) is 6.97. The highest BCUT2D eigenvalue weighted by Crippen LogP contribution is 2.20. The van der Waals surface area contributed by atoms with E-state index in [2.05, 4.69) is 4.98 Å². The lowest BCUT2D eigenvalue weighted by molar-refractivity contribution is 0.675. The van der Waals surface area contributed by atoms with Crippen molar-refractivity contribution < 1.29 is 0 Å². The molecule has 0 atom stereocenters. The predicted octanol–water partition coefficient (Wildman–Crippen LogP) is 0.349. The van der Waals surface area contributed by atoms with Gasteiger partial charge in [0.15, 0.2) is 5.16 Å². The fourth-order valence-corrected chi connectivity index (χ4v) is 1.88. The number of fused-ring (bicyclic) bond motifs is 1. The summed E-state index contributed by atoms with van der Waals surface area (Å²) in [6.45, 7) is 0.979. The lowest BCUT2D eigenvalue weighted by atomic mass is 10.6. The first-order chi connectivity index (χ1) is 4.86. The maximum atomic E-state index is 10.7. The van der Waals surface area contributed by atoms with E-state index in [1.807, 2.05) is 4.57 Å². The van der Waals surface area contributed by atoms with Gasteiger partial charge in [-0.25, -0.2) is 0 Å². The summed E-state index contributed by atoms with van der Waals surface area (Å²) in [4.78, 5) is 14.5. The SMILES string of the molecule is O=c1ccn2c(n1)SCC2. The second kappa shape index (κ2) is 2.12. The van der Waals surface area contributed by atoms with Crippen LogP contribution in [0.5, 0.6) is 0 Å². The monoisotopic (exact) mass is 154 g/mol. The molecule has 0 saturated carbocycles. The number of rotatable bonds is 0. The molecule has 1 aliphatic rings. The molecule has 0 radical (unpaired) electrons. The van der Waals surface area contributed by atoms with E-state index < -0.39 is 0 Å². The van der Waals surface area contributed by atoms with Crippen molar-refractivity contribution in [2.24, 2.45) is 0 Å². The van der Waals surface area contributed by atoms with Crippen LogP contribution in [0.4, 0.5) is 0 Å². The van der Waals surface area contributed by atoms with E-state index in [0.717, 1.165) is 17.5 Å². The average Bonchev–Trinajstić information content (AvgIpc) is 2.33. The van der Waals surface area contributed by atoms with Gasteiger partial charge in [0.2, 0.25) is 0 Å². The second-order valence-electron chi connectivity index (χ2n) is 2.09. The first-order valence-corrected chi connectivity index (χ1v) is 4.05. The van der Waals surface area contributed by atoms with E-state index in [-0.39, 0.29) is 5.56 Å². The third-order valence-electron chi connectivity index (χ3n) is 1.41. The molecule has 1 aromatic rings. The van der Waals surface area contributed by atoms with E-state index in [9.17, 15) is 4.79 Å². The van der Waals surface area contributed by atoms with Gasteiger partial charge in [-0.3, -0.25) is 4.79 Å². The molecule has 0 spiro atoms. The van der Waals surface area contributed by atoms with Crippen LogP contribution in [-0.4, -0.2) is 15.3 Å². The molecule has 1 aliphatic heterocycles. The molecule has 2 rings (SSSR count). The summed E-state index contributed by atoms with van der Waals surface area (Å²) in [6.07, 6.45) is 1.80. The molecule has 0 saturated heterocycles. The van der Waals surface area contributed by atoms with Crippen molar-refractivity contribution in [1.29, 1.82) is 0 Å². The fourth-order valence-electron chi connectivity index (χ4n) is 0.934. The molecular weight excluding hydrogens is 148 g/mol. The first-order valence-electron chi connectivity index (χ1n) is 3.06. The summed E-state index contributed by atoms with van der Waals surface area (Å²) in [7, 11) is 0. The van der Waals surface area contributed by atoms with E-state index in [0.29, 0.717) is 0 Å². The Morgan fingerprint density at radius 3 is 3.50 bits per heavy atom. The van der Waals surface area contributed by atoms with Gasteiger partial charge in [0.1, 0.15) is 0 Å². The molecule has 3 nitrogen and oxygen atoms in total. The number of aryl methyl sites for hydroxylation is 1. The summed E-state index contributed by atoms with van der Waals surface area (Å²) in [6, 6.07) is 1.50. The lowest BCUT2D eigenvalue weighted by Gasteiger charge is -1.96. The molecule has 0 aromatic carbocycles. The molecule has 0 unspecified atom stereocenters. The van der Waals surface area contributed by atoms with Crippen LogP contribution in [0.25, 0.3) is 0 Å². The molecule has 0 fully saturated rings. The van der Waals surface area contributed by atoms with Gasteiger partial charge in [0.05, 0.1) is 0 Å². The third-order valence-corrected chi connectivity index (χ3v) is 2.38. The molecule has 52 valence electrons. The van der Waals surface area contributed by atoms with E-state index >= 15 is 0 Å². The Balaban J connectivity index is 2.63. The minimum Gasteiger partial charge on any atom is -0.326 e. The van der Waals surface area contributed by atoms with Gasteiger partial charge in [-0.2, -0.15) is 4.98 Å². The Kier molecular flexibility index (Phi) is 1.27. The Morgan fingerprint density at radius 2 is 2.60 bits per heavy atom. The number of nitrogens with zero attached hydrogens (tertiary/aromatic N) is 2. The van der Waals surface area contributed by atoms with Crippen LogP contribution in [-0.2, 0) is 6.54 Å². The Bertz CT molecular complexity index is 307. The van der Waals surface area contributed by atoms with Gasteiger partial charge in [0, 0.05) is 24.6 Å². The summed E-state index contributed by atoms with van der Waals surface area (Å²) in [5, 5.41) is 0.854. The predicted molar refractivity (Wildman–Crippen MR) is 39.2 cm³/mol. The molecule has 4 heteroatoms. The van der Waals surface area contributed by atoms with Gasteiger partial charge in [0.25, 0.3) is 5.56 Å². The van der Waals surface area contributed by atoms with Crippen molar-refractivity contribution in [3.05, 3.63) is 22.6 Å². The summed E-state index contributed by atoms with van der Waals surface area (Å²) in [5.74, 6) is 1.04. The molecule has 2 heterocycles. The fraction of sp³-hybridized carbons (Fsp3) is 0.333. The van der Waals surface area contributed by atoms with Crippen LogP contribution in [0.1, 0.15) is 0 Å². The van der Waals surface area contributed by atoms with Gasteiger partial charge in [-0.15, -0.1) is 0 Å². The van der Waals surface area contributed by atoms with Crippen LogP contribution < -0.4 is 5.56 Å². The molecule has 1 aromatic heterocycles. The van der Waals surface area contributed by atoms with Crippen LogP contribution >= 0.6 is 11.8 Å². The van der Waals surface area contributed by atoms with Gasteiger partial charge < -0.3 is 4.57 Å². The molecular formula is C6H6N2OS. The second-order valence-corrected chi connectivity index (χ2v) is 3.15. The van der Waals surface area contributed by atoms with Gasteiger partial charge >= 0.3 is 0 Å².